The highest BCUT2D eigenvalue weighted by molar-refractivity contribution is 8.02. The fourth-order valence-electron chi connectivity index (χ4n) is 3.37. The average Bonchev–Trinajstić information content (AvgIpc) is 3.35. The first-order chi connectivity index (χ1) is 14.3. The second kappa shape index (κ2) is 7.56. The Bertz CT molecular complexity index is 1140. The molecule has 0 fully saturated rings. The van der Waals surface area contributed by atoms with Crippen molar-refractivity contribution in [2.45, 2.75) is 18.5 Å². The van der Waals surface area contributed by atoms with E-state index in [1.807, 2.05) is 0 Å². The Morgan fingerprint density at radius 1 is 1.23 bits per heavy atom. The zero-order valence-electron chi connectivity index (χ0n) is 15.7. The lowest BCUT2D eigenvalue weighted by Crippen LogP contribution is -2.22. The third-order valence-electron chi connectivity index (χ3n) is 4.76. The first kappa shape index (κ1) is 20.1. The number of para-hydroxylation sites is 1. The van der Waals surface area contributed by atoms with Gasteiger partial charge in [0.2, 0.25) is 5.91 Å². The second-order valence-corrected chi connectivity index (χ2v) is 7.62. The Hall–Kier alpha value is -3.20. The summed E-state index contributed by atoms with van der Waals surface area (Å²) < 4.78 is 46.4. The molecule has 2 N–H and O–H groups in total. The molecule has 1 aliphatic rings. The van der Waals surface area contributed by atoms with Gasteiger partial charge in [-0.25, -0.2) is 4.98 Å². The summed E-state index contributed by atoms with van der Waals surface area (Å²) >= 11 is 1.32. The molecule has 1 aliphatic heterocycles. The fourth-order valence-corrected chi connectivity index (χ4v) is 4.38. The third kappa shape index (κ3) is 3.56. The van der Waals surface area contributed by atoms with Gasteiger partial charge in [0.1, 0.15) is 5.37 Å². The number of aromatic nitrogens is 1. The first-order valence-corrected chi connectivity index (χ1v) is 9.82. The molecule has 1 aromatic heterocycles. The Kier molecular flexibility index (Phi) is 5.07. The van der Waals surface area contributed by atoms with E-state index in [1.54, 1.807) is 42.8 Å². The molecule has 2 heterocycles. The van der Waals surface area contributed by atoms with Crippen molar-refractivity contribution in [3.63, 3.8) is 0 Å². The average molecular weight is 431 g/mol. The highest BCUT2D eigenvalue weighted by Gasteiger charge is 2.37. The fraction of sp³-hybridized carbons (Fsp3) is 0.143. The van der Waals surface area contributed by atoms with Gasteiger partial charge in [-0.3, -0.25) is 4.79 Å². The highest BCUT2D eigenvalue weighted by Crippen LogP contribution is 2.48. The van der Waals surface area contributed by atoms with E-state index in [1.165, 1.54) is 35.2 Å². The summed E-state index contributed by atoms with van der Waals surface area (Å²) in [5.41, 5.74) is 6.82. The summed E-state index contributed by atoms with van der Waals surface area (Å²) in [6, 6.07) is 10.2. The molecule has 0 saturated carbocycles. The Morgan fingerprint density at radius 2 is 2.00 bits per heavy atom. The summed E-state index contributed by atoms with van der Waals surface area (Å²) in [5.74, 6) is -0.145. The Balaban J connectivity index is 1.87. The lowest BCUT2D eigenvalue weighted by atomic mass is 9.99. The molecule has 1 amide bonds. The molecule has 4 rings (SSSR count). The van der Waals surface area contributed by atoms with Gasteiger partial charge >= 0.3 is 6.18 Å². The quantitative estimate of drug-likeness (QED) is 0.591. The molecule has 0 spiro atoms. The van der Waals surface area contributed by atoms with E-state index in [2.05, 4.69) is 4.98 Å². The zero-order chi connectivity index (χ0) is 21.5. The van der Waals surface area contributed by atoms with Crippen molar-refractivity contribution < 1.29 is 22.4 Å². The number of nitrogens with zero attached hydrogens (tertiary/aromatic N) is 2. The number of nitrogens with two attached hydrogens (primary N) is 1. The predicted octanol–water partition coefficient (Wildman–Crippen LogP) is 5.49. The standard InChI is InChI=1S/C21H16F3N3O2S/c1-12-18(29-11-26-12)14-7-6-13(19(25)28)10-15(14)20-27(8-9-30-20)17-5-3-2-4-16(17)21(22,23)24/h2-11,20H,1H3,(H2,25,28). The molecule has 3 aromatic rings. The number of alkyl halides is 3. The number of rotatable bonds is 4. The number of primary amides is 1. The SMILES string of the molecule is Cc1ncoc1-c1ccc(C(N)=O)cc1C1SC=CN1c1ccccc1C(F)(F)F. The molecule has 0 aliphatic carbocycles. The van der Waals surface area contributed by atoms with Crippen molar-refractivity contribution >= 4 is 23.4 Å². The highest BCUT2D eigenvalue weighted by atomic mass is 32.2. The number of oxazole rings is 1. The van der Waals surface area contributed by atoms with E-state index in [0.29, 0.717) is 22.6 Å². The van der Waals surface area contributed by atoms with Gasteiger partial charge in [-0.05, 0) is 48.2 Å². The molecule has 9 heteroatoms. The summed E-state index contributed by atoms with van der Waals surface area (Å²) in [5, 5.41) is 1.15. The van der Waals surface area contributed by atoms with E-state index in [4.69, 9.17) is 10.2 Å². The van der Waals surface area contributed by atoms with E-state index >= 15 is 0 Å². The molecule has 5 nitrogen and oxygen atoms in total. The topological polar surface area (TPSA) is 72.4 Å². The number of thioether (sulfide) groups is 1. The number of halogens is 3. The van der Waals surface area contributed by atoms with Gasteiger partial charge < -0.3 is 15.1 Å². The van der Waals surface area contributed by atoms with E-state index in [0.717, 1.165) is 6.07 Å². The van der Waals surface area contributed by atoms with Gasteiger partial charge in [-0.2, -0.15) is 13.2 Å². The number of benzene rings is 2. The number of carbonyl (C=O) groups is 1. The van der Waals surface area contributed by atoms with E-state index in [-0.39, 0.29) is 11.3 Å². The number of carbonyl (C=O) groups excluding carboxylic acids is 1. The third-order valence-corrected chi connectivity index (χ3v) is 5.78. The molecule has 1 unspecified atom stereocenters. The number of aryl methyl sites for hydroxylation is 1. The molecule has 154 valence electrons. The lowest BCUT2D eigenvalue weighted by molar-refractivity contribution is -0.137. The van der Waals surface area contributed by atoms with Crippen LogP contribution < -0.4 is 10.6 Å². The van der Waals surface area contributed by atoms with Gasteiger partial charge in [-0.1, -0.05) is 12.1 Å². The van der Waals surface area contributed by atoms with E-state index < -0.39 is 23.0 Å². The maximum Gasteiger partial charge on any atom is 0.418 e. The van der Waals surface area contributed by atoms with Gasteiger partial charge in [0, 0.05) is 17.3 Å². The smallest absolute Gasteiger partial charge is 0.418 e. The largest absolute Gasteiger partial charge is 0.443 e. The van der Waals surface area contributed by atoms with Crippen LogP contribution in [0, 0.1) is 6.92 Å². The monoisotopic (exact) mass is 431 g/mol. The summed E-state index contributed by atoms with van der Waals surface area (Å²) in [7, 11) is 0. The van der Waals surface area contributed by atoms with Crippen LogP contribution in [0.5, 0.6) is 0 Å². The van der Waals surface area contributed by atoms with Crippen LogP contribution in [-0.2, 0) is 6.18 Å². The van der Waals surface area contributed by atoms with Crippen LogP contribution in [0.1, 0.15) is 32.6 Å². The van der Waals surface area contributed by atoms with Crippen molar-refractivity contribution in [2.24, 2.45) is 5.73 Å². The molecule has 30 heavy (non-hydrogen) atoms. The van der Waals surface area contributed by atoms with Crippen LogP contribution in [0.4, 0.5) is 18.9 Å². The number of anilines is 1. The van der Waals surface area contributed by atoms with Crippen molar-refractivity contribution in [1.82, 2.24) is 4.98 Å². The first-order valence-electron chi connectivity index (χ1n) is 8.88. The molecule has 0 bridgehead atoms. The van der Waals surface area contributed by atoms with Crippen LogP contribution in [0.25, 0.3) is 11.3 Å². The van der Waals surface area contributed by atoms with Crippen molar-refractivity contribution in [1.29, 1.82) is 0 Å². The summed E-state index contributed by atoms with van der Waals surface area (Å²) in [4.78, 5) is 17.4. The van der Waals surface area contributed by atoms with Gasteiger partial charge in [0.15, 0.2) is 12.2 Å². The van der Waals surface area contributed by atoms with Crippen LogP contribution in [0.15, 0.2) is 64.9 Å². The minimum Gasteiger partial charge on any atom is -0.443 e. The van der Waals surface area contributed by atoms with Crippen LogP contribution >= 0.6 is 11.8 Å². The molecular weight excluding hydrogens is 415 g/mol. The van der Waals surface area contributed by atoms with Gasteiger partial charge in [-0.15, -0.1) is 11.8 Å². The normalized spacial score (nSPS) is 16.3. The lowest BCUT2D eigenvalue weighted by Gasteiger charge is -2.29. The number of hydrogen-bond acceptors (Lipinski definition) is 5. The number of amides is 1. The zero-order valence-corrected chi connectivity index (χ0v) is 16.5. The van der Waals surface area contributed by atoms with Crippen molar-refractivity contribution in [2.75, 3.05) is 4.90 Å². The minimum absolute atomic E-state index is 0.0148. The maximum atomic E-state index is 13.6. The van der Waals surface area contributed by atoms with Crippen LogP contribution in [0.3, 0.4) is 0 Å². The van der Waals surface area contributed by atoms with Crippen molar-refractivity contribution in [3.8, 4) is 11.3 Å². The van der Waals surface area contributed by atoms with Crippen molar-refractivity contribution in [3.05, 3.63) is 82.9 Å². The van der Waals surface area contributed by atoms with Gasteiger partial charge in [0.25, 0.3) is 0 Å². The molecule has 1 atom stereocenters. The second-order valence-electron chi connectivity index (χ2n) is 6.63. The Labute approximate surface area is 174 Å². The van der Waals surface area contributed by atoms with Gasteiger partial charge in [0.05, 0.1) is 16.9 Å². The Morgan fingerprint density at radius 3 is 2.67 bits per heavy atom. The maximum absolute atomic E-state index is 13.6. The summed E-state index contributed by atoms with van der Waals surface area (Å²) in [6.45, 7) is 1.77. The molecule has 0 saturated heterocycles. The molecule has 2 aromatic carbocycles. The van der Waals surface area contributed by atoms with Crippen LogP contribution in [-0.4, -0.2) is 10.9 Å². The molecule has 0 radical (unpaired) electrons. The van der Waals surface area contributed by atoms with E-state index in [9.17, 15) is 18.0 Å². The molecular formula is C21H16F3N3O2S. The summed E-state index contributed by atoms with van der Waals surface area (Å²) in [6.07, 6.45) is -1.62. The van der Waals surface area contributed by atoms with Crippen LogP contribution in [0.2, 0.25) is 0 Å². The number of hydrogen-bond donors (Lipinski definition) is 1. The predicted molar refractivity (Wildman–Crippen MR) is 109 cm³/mol. The minimum atomic E-state index is -4.51.